The molecule has 8 nitrogen and oxygen atoms in total. The Bertz CT molecular complexity index is 1230. The van der Waals surface area contributed by atoms with Gasteiger partial charge in [-0.25, -0.2) is 13.1 Å². The molecule has 188 valence electrons. The molecule has 1 aliphatic carbocycles. The third-order valence-corrected chi connectivity index (χ3v) is 7.31. The zero-order valence-electron chi connectivity index (χ0n) is 19.4. The molecule has 11 heteroatoms. The zero-order valence-corrected chi connectivity index (χ0v) is 21.7. The van der Waals surface area contributed by atoms with E-state index in [1.807, 2.05) is 0 Å². The Hall–Kier alpha value is -2.59. The summed E-state index contributed by atoms with van der Waals surface area (Å²) >= 11 is 12.5. The van der Waals surface area contributed by atoms with Crippen molar-refractivity contribution in [3.05, 3.63) is 63.8 Å². The number of hydrogen-bond donors (Lipinski definition) is 2. The van der Waals surface area contributed by atoms with E-state index in [4.69, 9.17) is 32.7 Å². The number of para-hydroxylation sites is 1. The van der Waals surface area contributed by atoms with Crippen molar-refractivity contribution in [2.45, 2.75) is 37.1 Å². The number of aliphatic imine (C=N–C) groups is 1. The summed E-state index contributed by atoms with van der Waals surface area (Å²) in [7, 11) is -2.32. The van der Waals surface area contributed by atoms with Crippen LogP contribution in [0.15, 0.2) is 63.6 Å². The van der Waals surface area contributed by atoms with Crippen molar-refractivity contribution >= 4 is 45.4 Å². The molecular weight excluding hydrogens is 513 g/mol. The van der Waals surface area contributed by atoms with Crippen LogP contribution >= 0.6 is 23.2 Å². The summed E-state index contributed by atoms with van der Waals surface area (Å²) in [5.41, 5.74) is 1.43. The SMILES string of the molecule is CCOC(=O)CNC1=C(C=NC)[C@H](NS(=O)(=O)c2ccc(Oc3ccccc3Cl)c(Cl)c2)CCC1. The maximum atomic E-state index is 13.2. The fourth-order valence-corrected chi connectivity index (χ4v) is 5.37. The molecule has 35 heavy (non-hydrogen) atoms. The zero-order chi connectivity index (χ0) is 25.4. The summed E-state index contributed by atoms with van der Waals surface area (Å²) in [5.74, 6) is 0.299. The van der Waals surface area contributed by atoms with Crippen molar-refractivity contribution < 1.29 is 22.7 Å². The molecule has 1 aliphatic rings. The van der Waals surface area contributed by atoms with Crippen LogP contribution in [0.2, 0.25) is 10.0 Å². The highest BCUT2D eigenvalue weighted by atomic mass is 35.5. The summed E-state index contributed by atoms with van der Waals surface area (Å²) in [4.78, 5) is 15.8. The molecule has 0 spiro atoms. The molecule has 2 N–H and O–H groups in total. The van der Waals surface area contributed by atoms with Gasteiger partial charge in [-0.2, -0.15) is 0 Å². The number of ether oxygens (including phenoxy) is 2. The van der Waals surface area contributed by atoms with Crippen molar-refractivity contribution in [3.63, 3.8) is 0 Å². The van der Waals surface area contributed by atoms with Gasteiger partial charge in [0, 0.05) is 24.5 Å². The molecule has 2 aromatic rings. The first kappa shape index (κ1) is 27.0. The minimum atomic E-state index is -3.93. The van der Waals surface area contributed by atoms with Gasteiger partial charge in [-0.15, -0.1) is 0 Å². The lowest BCUT2D eigenvalue weighted by Crippen LogP contribution is -2.41. The number of sulfonamides is 1. The smallest absolute Gasteiger partial charge is 0.325 e. The second-order valence-corrected chi connectivity index (χ2v) is 10.2. The molecule has 0 fully saturated rings. The van der Waals surface area contributed by atoms with Gasteiger partial charge in [0.15, 0.2) is 0 Å². The second kappa shape index (κ2) is 12.4. The van der Waals surface area contributed by atoms with E-state index in [1.54, 1.807) is 44.5 Å². The van der Waals surface area contributed by atoms with E-state index in [-0.39, 0.29) is 34.8 Å². The quantitative estimate of drug-likeness (QED) is 0.334. The minimum Gasteiger partial charge on any atom is -0.465 e. The summed E-state index contributed by atoms with van der Waals surface area (Å²) in [6, 6.07) is 10.6. The Labute approximate surface area is 215 Å². The average Bonchev–Trinajstić information content (AvgIpc) is 2.82. The third kappa shape index (κ3) is 7.20. The highest BCUT2D eigenvalue weighted by Crippen LogP contribution is 2.35. The van der Waals surface area contributed by atoms with Gasteiger partial charge in [-0.1, -0.05) is 35.3 Å². The number of halogens is 2. The van der Waals surface area contributed by atoms with E-state index < -0.39 is 16.1 Å². The molecule has 0 aromatic heterocycles. The van der Waals surface area contributed by atoms with Crippen LogP contribution in [0.4, 0.5) is 0 Å². The largest absolute Gasteiger partial charge is 0.465 e. The van der Waals surface area contributed by atoms with Gasteiger partial charge in [-0.05, 0) is 56.5 Å². The van der Waals surface area contributed by atoms with Gasteiger partial charge in [0.25, 0.3) is 0 Å². The molecule has 0 saturated heterocycles. The van der Waals surface area contributed by atoms with Crippen molar-refractivity contribution in [3.8, 4) is 11.5 Å². The Kier molecular flexibility index (Phi) is 9.56. The van der Waals surface area contributed by atoms with E-state index in [2.05, 4.69) is 15.0 Å². The number of rotatable bonds is 10. The summed E-state index contributed by atoms with van der Waals surface area (Å²) < 4.78 is 39.8. The first-order chi connectivity index (χ1) is 16.7. The van der Waals surface area contributed by atoms with Crippen LogP contribution < -0.4 is 14.8 Å². The molecule has 0 aliphatic heterocycles. The molecule has 1 atom stereocenters. The molecule has 0 radical (unpaired) electrons. The highest BCUT2D eigenvalue weighted by Gasteiger charge is 2.28. The van der Waals surface area contributed by atoms with Gasteiger partial charge in [-0.3, -0.25) is 9.79 Å². The second-order valence-electron chi connectivity index (χ2n) is 7.67. The van der Waals surface area contributed by atoms with Gasteiger partial charge in [0.2, 0.25) is 10.0 Å². The number of carbonyl (C=O) groups is 1. The van der Waals surface area contributed by atoms with Gasteiger partial charge in [0.1, 0.15) is 18.0 Å². The minimum absolute atomic E-state index is 0.00611. The molecule has 0 unspecified atom stereocenters. The molecule has 3 rings (SSSR count). The highest BCUT2D eigenvalue weighted by molar-refractivity contribution is 7.89. The molecule has 2 aromatic carbocycles. The molecule has 0 bridgehead atoms. The van der Waals surface area contributed by atoms with E-state index in [0.29, 0.717) is 29.2 Å². The molecular formula is C24H27Cl2N3O5S. The number of carbonyl (C=O) groups excluding carboxylic acids is 1. The van der Waals surface area contributed by atoms with Gasteiger partial charge < -0.3 is 14.8 Å². The Morgan fingerprint density at radius 2 is 1.91 bits per heavy atom. The number of nitrogens with zero attached hydrogens (tertiary/aromatic N) is 1. The van der Waals surface area contributed by atoms with E-state index >= 15 is 0 Å². The van der Waals surface area contributed by atoms with Crippen LogP contribution in [-0.2, 0) is 19.6 Å². The van der Waals surface area contributed by atoms with Crippen LogP contribution in [0.5, 0.6) is 11.5 Å². The van der Waals surface area contributed by atoms with Crippen LogP contribution in [-0.4, -0.2) is 46.8 Å². The number of esters is 1. The lowest BCUT2D eigenvalue weighted by Gasteiger charge is -2.28. The maximum Gasteiger partial charge on any atom is 0.325 e. The number of benzene rings is 2. The van der Waals surface area contributed by atoms with Crippen molar-refractivity contribution in [1.82, 2.24) is 10.0 Å². The van der Waals surface area contributed by atoms with E-state index in [0.717, 1.165) is 12.1 Å². The fraction of sp³-hybridized carbons (Fsp3) is 0.333. The van der Waals surface area contributed by atoms with E-state index in [1.165, 1.54) is 18.2 Å². The van der Waals surface area contributed by atoms with Crippen LogP contribution in [0.3, 0.4) is 0 Å². The monoisotopic (exact) mass is 539 g/mol. The molecule has 0 saturated carbocycles. The van der Waals surface area contributed by atoms with Crippen LogP contribution in [0.25, 0.3) is 0 Å². The van der Waals surface area contributed by atoms with Crippen molar-refractivity contribution in [2.24, 2.45) is 4.99 Å². The van der Waals surface area contributed by atoms with Gasteiger partial charge >= 0.3 is 5.97 Å². The molecule has 0 amide bonds. The topological polar surface area (TPSA) is 106 Å². The van der Waals surface area contributed by atoms with Crippen LogP contribution in [0, 0.1) is 0 Å². The normalized spacial score (nSPS) is 16.4. The number of nitrogens with one attached hydrogen (secondary N) is 2. The lowest BCUT2D eigenvalue weighted by molar-refractivity contribution is -0.141. The Morgan fingerprint density at radius 1 is 1.17 bits per heavy atom. The summed E-state index contributed by atoms with van der Waals surface area (Å²) in [6.07, 6.45) is 3.57. The third-order valence-electron chi connectivity index (χ3n) is 5.23. The Balaban J connectivity index is 1.80. The van der Waals surface area contributed by atoms with Gasteiger partial charge in [0.05, 0.1) is 27.6 Å². The first-order valence-corrected chi connectivity index (χ1v) is 13.3. The van der Waals surface area contributed by atoms with Crippen molar-refractivity contribution in [2.75, 3.05) is 20.2 Å². The number of allylic oxidation sites excluding steroid dienone is 1. The predicted molar refractivity (Wildman–Crippen MR) is 137 cm³/mol. The Morgan fingerprint density at radius 3 is 2.60 bits per heavy atom. The van der Waals surface area contributed by atoms with Crippen molar-refractivity contribution in [1.29, 1.82) is 0 Å². The summed E-state index contributed by atoms with van der Waals surface area (Å²) in [6.45, 7) is 2.02. The fourth-order valence-electron chi connectivity index (χ4n) is 3.64. The maximum absolute atomic E-state index is 13.2. The number of hydrogen-bond acceptors (Lipinski definition) is 7. The predicted octanol–water partition coefficient (Wildman–Crippen LogP) is 4.72. The average molecular weight is 540 g/mol. The van der Waals surface area contributed by atoms with E-state index in [9.17, 15) is 13.2 Å². The first-order valence-electron chi connectivity index (χ1n) is 11.0. The lowest BCUT2D eigenvalue weighted by atomic mass is 9.92. The van der Waals surface area contributed by atoms with Crippen LogP contribution in [0.1, 0.15) is 26.2 Å². The molecule has 0 heterocycles. The standard InChI is InChI=1S/C24H27Cl2N3O5S/c1-3-33-24(30)15-28-20-8-6-9-21(17(20)14-27-2)29-35(31,32)16-11-12-23(19(26)13-16)34-22-10-5-4-7-18(22)25/h4-5,7,10-14,21,28-29H,3,6,8-9,15H2,1-2H3/t21-/m1/s1. The summed E-state index contributed by atoms with van der Waals surface area (Å²) in [5, 5.41) is 3.60.